The van der Waals surface area contributed by atoms with Crippen LogP contribution in [0.1, 0.15) is 38.8 Å². The van der Waals surface area contributed by atoms with Crippen LogP contribution in [0.25, 0.3) is 0 Å². The normalized spacial score (nSPS) is 14.6. The van der Waals surface area contributed by atoms with Crippen molar-refractivity contribution in [3.63, 3.8) is 0 Å². The van der Waals surface area contributed by atoms with E-state index in [4.69, 9.17) is 5.73 Å². The highest BCUT2D eigenvalue weighted by atomic mass is 32.1. The van der Waals surface area contributed by atoms with E-state index in [9.17, 15) is 14.7 Å². The number of nitrogens with two attached hydrogens (primary N) is 1. The van der Waals surface area contributed by atoms with Crippen LogP contribution in [0.5, 0.6) is 0 Å². The van der Waals surface area contributed by atoms with Gasteiger partial charge in [0.2, 0.25) is 0 Å². The van der Waals surface area contributed by atoms with Crippen LogP contribution < -0.4 is 11.1 Å². The Balaban J connectivity index is 2.04. The molecule has 0 saturated carbocycles. The number of aliphatic hydroxyl groups is 1. The molecule has 2 unspecified atom stereocenters. The van der Waals surface area contributed by atoms with Gasteiger partial charge in [0, 0.05) is 12.0 Å². The zero-order valence-corrected chi connectivity index (χ0v) is 14.6. The molecule has 0 aliphatic rings. The van der Waals surface area contributed by atoms with E-state index < -0.39 is 17.4 Å². The Kier molecular flexibility index (Phi) is 5.75. The highest BCUT2D eigenvalue weighted by Crippen LogP contribution is 2.26. The molecule has 2 aromatic rings. The first-order valence-electron chi connectivity index (χ1n) is 7.71. The summed E-state index contributed by atoms with van der Waals surface area (Å²) in [6.07, 6.45) is 0.0467. The minimum Gasteiger partial charge on any atom is -0.393 e. The van der Waals surface area contributed by atoms with Crippen molar-refractivity contribution < 1.29 is 14.7 Å². The Morgan fingerprint density at radius 3 is 2.38 bits per heavy atom. The molecule has 1 aromatic carbocycles. The van der Waals surface area contributed by atoms with E-state index in [-0.39, 0.29) is 5.91 Å². The lowest BCUT2D eigenvalue weighted by atomic mass is 9.79. The van der Waals surface area contributed by atoms with Crippen LogP contribution in [0.15, 0.2) is 42.5 Å². The van der Waals surface area contributed by atoms with Gasteiger partial charge in [-0.2, -0.15) is 0 Å². The van der Waals surface area contributed by atoms with Crippen LogP contribution in [0, 0.1) is 5.41 Å². The molecule has 0 aliphatic carbocycles. The van der Waals surface area contributed by atoms with Crippen molar-refractivity contribution in [2.75, 3.05) is 6.54 Å². The first-order chi connectivity index (χ1) is 11.3. The number of aliphatic hydroxyl groups excluding tert-OH is 1. The van der Waals surface area contributed by atoms with E-state index in [0.29, 0.717) is 22.7 Å². The van der Waals surface area contributed by atoms with Gasteiger partial charge in [0.05, 0.1) is 15.9 Å². The second-order valence-corrected chi connectivity index (χ2v) is 7.29. The van der Waals surface area contributed by atoms with Gasteiger partial charge in [-0.15, -0.1) is 11.3 Å². The van der Waals surface area contributed by atoms with Crippen LogP contribution in [0.2, 0.25) is 0 Å². The summed E-state index contributed by atoms with van der Waals surface area (Å²) in [5.74, 6) is -0.815. The molecular formula is C18H22N2O3S. The molecule has 0 aliphatic heterocycles. The maximum atomic E-state index is 12.3. The molecule has 2 atom stereocenters. The number of amides is 2. The van der Waals surface area contributed by atoms with Gasteiger partial charge in [0.1, 0.15) is 0 Å². The molecule has 0 spiro atoms. The molecule has 24 heavy (non-hydrogen) atoms. The molecule has 6 heteroatoms. The van der Waals surface area contributed by atoms with Crippen LogP contribution in [0.3, 0.4) is 0 Å². The summed E-state index contributed by atoms with van der Waals surface area (Å²) in [5, 5.41) is 13.0. The van der Waals surface area contributed by atoms with Gasteiger partial charge in [-0.05, 0) is 31.0 Å². The highest BCUT2D eigenvalue weighted by Gasteiger charge is 2.31. The Morgan fingerprint density at radius 1 is 1.21 bits per heavy atom. The maximum absolute atomic E-state index is 12.3. The molecule has 0 saturated heterocycles. The van der Waals surface area contributed by atoms with E-state index in [1.807, 2.05) is 37.3 Å². The number of thiophene rings is 1. The summed E-state index contributed by atoms with van der Waals surface area (Å²) in [7, 11) is 0. The van der Waals surface area contributed by atoms with Crippen LogP contribution in [-0.4, -0.2) is 29.6 Å². The van der Waals surface area contributed by atoms with Crippen molar-refractivity contribution in [3.8, 4) is 0 Å². The van der Waals surface area contributed by atoms with Crippen molar-refractivity contribution in [1.29, 1.82) is 0 Å². The second kappa shape index (κ2) is 7.59. The van der Waals surface area contributed by atoms with Crippen LogP contribution in [-0.2, 0) is 6.42 Å². The molecule has 128 valence electrons. The molecule has 1 heterocycles. The number of carbonyl (C=O) groups is 2. The van der Waals surface area contributed by atoms with Crippen molar-refractivity contribution in [1.82, 2.24) is 5.32 Å². The third kappa shape index (κ3) is 4.43. The fourth-order valence-electron chi connectivity index (χ4n) is 2.38. The number of carbonyl (C=O) groups excluding carboxylic acids is 2. The molecule has 5 nitrogen and oxygen atoms in total. The Labute approximate surface area is 145 Å². The monoisotopic (exact) mass is 346 g/mol. The molecule has 2 amide bonds. The molecule has 4 N–H and O–H groups in total. The quantitative estimate of drug-likeness (QED) is 0.717. The number of nitrogens with one attached hydrogen (secondary N) is 1. The predicted octanol–water partition coefficient (Wildman–Crippen LogP) is 2.21. The standard InChI is InChI=1S/C18H22N2O3S/c1-12(21)18(2,10-13-6-4-3-5-7-13)11-20-17(23)15-9-8-14(24-15)16(19)22/h3-9,12,21H,10-11H2,1-2H3,(H2,19,22)(H,20,23). The van der Waals surface area contributed by atoms with Crippen molar-refractivity contribution >= 4 is 23.2 Å². The molecular weight excluding hydrogens is 324 g/mol. The van der Waals surface area contributed by atoms with Crippen LogP contribution >= 0.6 is 11.3 Å². The molecule has 1 aromatic heterocycles. The maximum Gasteiger partial charge on any atom is 0.261 e. The number of benzene rings is 1. The fraction of sp³-hybridized carbons (Fsp3) is 0.333. The zero-order chi connectivity index (χ0) is 17.7. The van der Waals surface area contributed by atoms with Gasteiger partial charge in [-0.25, -0.2) is 0 Å². The lowest BCUT2D eigenvalue weighted by Gasteiger charge is -2.33. The number of hydrogen-bond donors (Lipinski definition) is 3. The third-order valence-electron chi connectivity index (χ3n) is 4.18. The fourth-order valence-corrected chi connectivity index (χ4v) is 3.16. The van der Waals surface area contributed by atoms with E-state index in [2.05, 4.69) is 5.32 Å². The largest absolute Gasteiger partial charge is 0.393 e. The van der Waals surface area contributed by atoms with Gasteiger partial charge in [-0.3, -0.25) is 9.59 Å². The average Bonchev–Trinajstić information content (AvgIpc) is 3.04. The summed E-state index contributed by atoms with van der Waals surface area (Å²) in [6, 6.07) is 13.0. The topological polar surface area (TPSA) is 92.4 Å². The molecule has 0 bridgehead atoms. The Bertz CT molecular complexity index is 712. The molecule has 0 radical (unpaired) electrons. The Morgan fingerprint density at radius 2 is 1.83 bits per heavy atom. The number of primary amides is 1. The number of hydrogen-bond acceptors (Lipinski definition) is 4. The van der Waals surface area contributed by atoms with Crippen LogP contribution in [0.4, 0.5) is 0 Å². The third-order valence-corrected chi connectivity index (χ3v) is 5.28. The SMILES string of the molecule is CC(O)C(C)(CNC(=O)c1ccc(C(N)=O)s1)Cc1ccccc1. The number of rotatable bonds is 7. The zero-order valence-electron chi connectivity index (χ0n) is 13.8. The smallest absolute Gasteiger partial charge is 0.261 e. The second-order valence-electron chi connectivity index (χ2n) is 6.20. The minimum atomic E-state index is -0.595. The molecule has 2 rings (SSSR count). The van der Waals surface area contributed by atoms with Gasteiger partial charge >= 0.3 is 0 Å². The van der Waals surface area contributed by atoms with Crippen molar-refractivity contribution in [3.05, 3.63) is 57.8 Å². The summed E-state index contributed by atoms with van der Waals surface area (Å²) < 4.78 is 0. The van der Waals surface area contributed by atoms with E-state index in [0.717, 1.165) is 16.9 Å². The lowest BCUT2D eigenvalue weighted by molar-refractivity contribution is 0.0501. The minimum absolute atomic E-state index is 0.271. The summed E-state index contributed by atoms with van der Waals surface area (Å²) in [6.45, 7) is 3.99. The van der Waals surface area contributed by atoms with Gasteiger partial charge in [0.15, 0.2) is 0 Å². The van der Waals surface area contributed by atoms with Gasteiger partial charge < -0.3 is 16.2 Å². The van der Waals surface area contributed by atoms with Crippen molar-refractivity contribution in [2.24, 2.45) is 11.1 Å². The summed E-state index contributed by atoms with van der Waals surface area (Å²) in [5.41, 5.74) is 5.80. The van der Waals surface area contributed by atoms with Gasteiger partial charge in [-0.1, -0.05) is 37.3 Å². The average molecular weight is 346 g/mol. The molecule has 0 fully saturated rings. The van der Waals surface area contributed by atoms with Gasteiger partial charge in [0.25, 0.3) is 11.8 Å². The van der Waals surface area contributed by atoms with E-state index >= 15 is 0 Å². The first-order valence-corrected chi connectivity index (χ1v) is 8.53. The van der Waals surface area contributed by atoms with E-state index in [1.54, 1.807) is 19.1 Å². The predicted molar refractivity (Wildman–Crippen MR) is 95.1 cm³/mol. The summed E-state index contributed by atoms with van der Waals surface area (Å²) in [4.78, 5) is 24.2. The van der Waals surface area contributed by atoms with E-state index in [1.165, 1.54) is 0 Å². The first kappa shape index (κ1) is 18.2. The van der Waals surface area contributed by atoms with Crippen molar-refractivity contribution in [2.45, 2.75) is 26.4 Å². The lowest BCUT2D eigenvalue weighted by Crippen LogP contribution is -2.43. The summed E-state index contributed by atoms with van der Waals surface area (Å²) >= 11 is 1.06. The Hall–Kier alpha value is -2.18. The highest BCUT2D eigenvalue weighted by molar-refractivity contribution is 7.15.